The number of alkyl carbamates (subject to hydrolysis) is 2. The van der Waals surface area contributed by atoms with Crippen LogP contribution in [-0.2, 0) is 19.1 Å². The van der Waals surface area contributed by atoms with E-state index in [4.69, 9.17) is 9.47 Å². The van der Waals surface area contributed by atoms with Crippen molar-refractivity contribution in [3.63, 3.8) is 0 Å². The Labute approximate surface area is 326 Å². The maximum absolute atomic E-state index is 13.5. The van der Waals surface area contributed by atoms with Crippen LogP contribution in [0.3, 0.4) is 0 Å². The number of imidazole rings is 2. The SMILES string of the molecule is COC(=O)NC(C(=O)N1CCC[C@H]1c1ncc(C#Cc2ccc3cc(C#Cc4cnc([C@@H]5CCCN5C(=O)C(NC(=O)OC)C(C)C)[nH]4)ccc3c2)[nH]1)C(C)C. The standard InChI is InChI=1S/C42H48N8O6/c1-25(2)35(47-41(53)55-5)39(51)49-19-7-9-33(49)37-43-23-31(45-37)17-13-27-11-15-30-22-28(12-16-29(30)21-27)14-18-32-24-44-38(46-32)34-10-8-20-50(34)40(52)36(26(3)4)48-42(54)56-6/h11-12,15-16,21-26,33-36H,7-10,19-20H2,1-6H3,(H,43,45)(H,44,46)(H,47,53)(H,48,54)/t33-,34-,35?,36?/m0/s1. The molecule has 4 amide bonds. The van der Waals surface area contributed by atoms with E-state index in [9.17, 15) is 19.2 Å². The Morgan fingerprint density at radius 3 is 1.46 bits per heavy atom. The van der Waals surface area contributed by atoms with Gasteiger partial charge in [0.1, 0.15) is 35.1 Å². The fourth-order valence-electron chi connectivity index (χ4n) is 7.20. The molecule has 0 saturated carbocycles. The number of rotatable bonds is 8. The Bertz CT molecular complexity index is 2060. The number of fused-ring (bicyclic) bond motifs is 1. The number of benzene rings is 2. The molecule has 4 aromatic rings. The van der Waals surface area contributed by atoms with E-state index >= 15 is 0 Å². The molecule has 0 aliphatic carbocycles. The summed E-state index contributed by atoms with van der Waals surface area (Å²) in [5.74, 6) is 13.6. The lowest BCUT2D eigenvalue weighted by Gasteiger charge is -2.29. The van der Waals surface area contributed by atoms with Crippen molar-refractivity contribution in [3.8, 4) is 23.7 Å². The number of aromatic nitrogens is 4. The van der Waals surface area contributed by atoms with Crippen molar-refractivity contribution in [1.29, 1.82) is 0 Å². The molecule has 2 fully saturated rings. The zero-order valence-electron chi connectivity index (χ0n) is 32.6. The predicted octanol–water partition coefficient (Wildman–Crippen LogP) is 5.17. The minimum Gasteiger partial charge on any atom is -0.453 e. The summed E-state index contributed by atoms with van der Waals surface area (Å²) in [6.45, 7) is 8.70. The van der Waals surface area contributed by atoms with E-state index in [1.165, 1.54) is 14.2 Å². The van der Waals surface area contributed by atoms with Crippen molar-refractivity contribution in [1.82, 2.24) is 40.4 Å². The molecule has 4 N–H and O–H groups in total. The topological polar surface area (TPSA) is 175 Å². The van der Waals surface area contributed by atoms with Gasteiger partial charge in [-0.15, -0.1) is 0 Å². The number of hydrogen-bond donors (Lipinski definition) is 4. The molecule has 2 aliphatic rings. The summed E-state index contributed by atoms with van der Waals surface area (Å²) in [6, 6.07) is 10.1. The van der Waals surface area contributed by atoms with Crippen LogP contribution in [0.15, 0.2) is 48.8 Å². The molecular weight excluding hydrogens is 713 g/mol. The second-order valence-corrected chi connectivity index (χ2v) is 14.7. The Balaban J connectivity index is 1.10. The van der Waals surface area contributed by atoms with Crippen molar-refractivity contribution < 1.29 is 28.7 Å². The summed E-state index contributed by atoms with van der Waals surface area (Å²) in [7, 11) is 2.56. The van der Waals surface area contributed by atoms with Gasteiger partial charge in [0.05, 0.1) is 38.7 Å². The molecule has 2 saturated heterocycles. The van der Waals surface area contributed by atoms with E-state index in [1.54, 1.807) is 22.2 Å². The molecule has 2 aliphatic heterocycles. The Morgan fingerprint density at radius 1 is 0.679 bits per heavy atom. The van der Waals surface area contributed by atoms with Crippen LogP contribution in [0.1, 0.15) is 99.6 Å². The fourth-order valence-corrected chi connectivity index (χ4v) is 7.20. The number of H-pyrrole nitrogens is 2. The van der Waals surface area contributed by atoms with Gasteiger partial charge in [0.15, 0.2) is 0 Å². The Hall–Kier alpha value is -6.28. The van der Waals surface area contributed by atoms with Gasteiger partial charge in [0.25, 0.3) is 0 Å². The molecule has 2 unspecified atom stereocenters. The van der Waals surface area contributed by atoms with E-state index < -0.39 is 24.3 Å². The molecule has 0 spiro atoms. The van der Waals surface area contributed by atoms with Crippen molar-refractivity contribution in [2.45, 2.75) is 77.5 Å². The second-order valence-electron chi connectivity index (χ2n) is 14.7. The third kappa shape index (κ3) is 8.98. The molecule has 0 bridgehead atoms. The zero-order chi connectivity index (χ0) is 39.9. The Kier molecular flexibility index (Phi) is 12.3. The maximum Gasteiger partial charge on any atom is 0.407 e. The van der Waals surface area contributed by atoms with E-state index in [0.717, 1.165) is 47.6 Å². The van der Waals surface area contributed by atoms with Gasteiger partial charge >= 0.3 is 12.2 Å². The monoisotopic (exact) mass is 760 g/mol. The molecule has 56 heavy (non-hydrogen) atoms. The maximum atomic E-state index is 13.5. The summed E-state index contributed by atoms with van der Waals surface area (Å²) in [5, 5.41) is 7.38. The molecule has 2 aromatic carbocycles. The summed E-state index contributed by atoms with van der Waals surface area (Å²) in [6.07, 6.45) is 5.27. The first-order valence-corrected chi connectivity index (χ1v) is 18.9. The number of ether oxygens (including phenoxy) is 2. The van der Waals surface area contributed by atoms with Crippen LogP contribution in [0.2, 0.25) is 0 Å². The van der Waals surface area contributed by atoms with Crippen molar-refractivity contribution in [3.05, 3.63) is 83.0 Å². The lowest BCUT2D eigenvalue weighted by molar-refractivity contribution is -0.136. The first-order chi connectivity index (χ1) is 26.9. The molecule has 2 aromatic heterocycles. The molecule has 0 radical (unpaired) electrons. The van der Waals surface area contributed by atoms with Crippen LogP contribution in [0.5, 0.6) is 0 Å². The van der Waals surface area contributed by atoms with Gasteiger partial charge in [0.2, 0.25) is 11.8 Å². The van der Waals surface area contributed by atoms with E-state index in [1.807, 2.05) is 64.1 Å². The number of aromatic amines is 2. The van der Waals surface area contributed by atoms with Crippen LogP contribution in [0.4, 0.5) is 9.59 Å². The lowest BCUT2D eigenvalue weighted by Crippen LogP contribution is -2.51. The van der Waals surface area contributed by atoms with Gasteiger partial charge in [-0.2, -0.15) is 0 Å². The van der Waals surface area contributed by atoms with Gasteiger partial charge in [-0.3, -0.25) is 9.59 Å². The highest BCUT2D eigenvalue weighted by Gasteiger charge is 2.38. The number of hydrogen-bond acceptors (Lipinski definition) is 8. The highest BCUT2D eigenvalue weighted by Crippen LogP contribution is 2.33. The summed E-state index contributed by atoms with van der Waals surface area (Å²) in [5.41, 5.74) is 2.96. The third-order valence-corrected chi connectivity index (χ3v) is 10.2. The van der Waals surface area contributed by atoms with Gasteiger partial charge in [-0.05, 0) is 84.4 Å². The van der Waals surface area contributed by atoms with Crippen LogP contribution in [-0.4, -0.2) is 93.1 Å². The van der Waals surface area contributed by atoms with Crippen molar-refractivity contribution in [2.24, 2.45) is 11.8 Å². The highest BCUT2D eigenvalue weighted by atomic mass is 16.5. The number of carbonyl (C=O) groups excluding carboxylic acids is 4. The molecule has 4 atom stereocenters. The molecule has 292 valence electrons. The van der Waals surface area contributed by atoms with Gasteiger partial charge in [-0.25, -0.2) is 19.6 Å². The lowest BCUT2D eigenvalue weighted by atomic mass is 10.0. The normalized spacial score (nSPS) is 17.5. The van der Waals surface area contributed by atoms with Crippen LogP contribution in [0, 0.1) is 35.5 Å². The van der Waals surface area contributed by atoms with Crippen LogP contribution in [0.25, 0.3) is 10.8 Å². The smallest absolute Gasteiger partial charge is 0.407 e. The molecular formula is C42H48N8O6. The van der Waals surface area contributed by atoms with E-state index in [-0.39, 0.29) is 35.7 Å². The highest BCUT2D eigenvalue weighted by molar-refractivity contribution is 5.87. The number of methoxy groups -OCH3 is 2. The largest absolute Gasteiger partial charge is 0.453 e. The third-order valence-electron chi connectivity index (χ3n) is 10.2. The minimum absolute atomic E-state index is 0.114. The predicted molar refractivity (Wildman–Crippen MR) is 209 cm³/mol. The number of carbonyl (C=O) groups is 4. The van der Waals surface area contributed by atoms with Crippen molar-refractivity contribution >= 4 is 34.8 Å². The van der Waals surface area contributed by atoms with Gasteiger partial charge in [-0.1, -0.05) is 51.7 Å². The van der Waals surface area contributed by atoms with Crippen molar-refractivity contribution in [2.75, 3.05) is 27.3 Å². The van der Waals surface area contributed by atoms with Gasteiger partial charge in [0, 0.05) is 24.2 Å². The first-order valence-electron chi connectivity index (χ1n) is 18.9. The quantitative estimate of drug-likeness (QED) is 0.178. The number of likely N-dealkylation sites (tertiary alicyclic amines) is 2. The Morgan fingerprint density at radius 2 is 1.09 bits per heavy atom. The van der Waals surface area contributed by atoms with Crippen LogP contribution < -0.4 is 10.6 Å². The average Bonchev–Trinajstić information content (AvgIpc) is 4.03. The van der Waals surface area contributed by atoms with Gasteiger partial charge < -0.3 is 39.9 Å². The van der Waals surface area contributed by atoms with E-state index in [2.05, 4.69) is 54.3 Å². The minimum atomic E-state index is -0.700. The number of amides is 4. The number of nitrogens with one attached hydrogen (secondary N) is 4. The van der Waals surface area contributed by atoms with Crippen LogP contribution >= 0.6 is 0 Å². The second kappa shape index (κ2) is 17.5. The molecule has 14 heteroatoms. The van der Waals surface area contributed by atoms with E-state index in [0.29, 0.717) is 36.1 Å². The first kappa shape index (κ1) is 39.4. The molecule has 4 heterocycles. The summed E-state index contributed by atoms with van der Waals surface area (Å²) >= 11 is 0. The average molecular weight is 761 g/mol. The summed E-state index contributed by atoms with van der Waals surface area (Å²) < 4.78 is 9.47. The molecule has 6 rings (SSSR count). The number of nitrogens with zero attached hydrogens (tertiary/aromatic N) is 4. The zero-order valence-corrected chi connectivity index (χ0v) is 32.6. The summed E-state index contributed by atoms with van der Waals surface area (Å²) in [4.78, 5) is 70.0. The molecule has 14 nitrogen and oxygen atoms in total. The fraction of sp³-hybridized carbons (Fsp3) is 0.429.